The van der Waals surface area contributed by atoms with E-state index in [0.29, 0.717) is 22.8 Å². The molecule has 2 atom stereocenters. The van der Waals surface area contributed by atoms with Gasteiger partial charge in [0.25, 0.3) is 0 Å². The van der Waals surface area contributed by atoms with Crippen molar-refractivity contribution in [2.45, 2.75) is 44.4 Å². The standard InChI is InChI=1S/C17H21FN2O3S2/c1-3-4-5-16(21)19-17-20(12-7-6-11(2)13(18)8-12)14-9-25(22,23)10-15(14)24-17/h6-8,14-15H,3-5,9-10H2,1-2H3/t14-,15+/m0/s1. The minimum Gasteiger partial charge on any atom is -0.315 e. The first kappa shape index (κ1) is 18.4. The largest absolute Gasteiger partial charge is 0.315 e. The molecule has 2 fully saturated rings. The van der Waals surface area contributed by atoms with E-state index in [4.69, 9.17) is 0 Å². The Kier molecular flexibility index (Phi) is 5.20. The molecule has 0 unspecified atom stereocenters. The molecule has 0 bridgehead atoms. The molecule has 2 saturated heterocycles. The molecule has 0 spiro atoms. The Morgan fingerprint density at radius 2 is 2.16 bits per heavy atom. The Morgan fingerprint density at radius 1 is 1.40 bits per heavy atom. The van der Waals surface area contributed by atoms with Crippen LogP contribution in [-0.4, -0.2) is 42.3 Å². The molecule has 0 radical (unpaired) electrons. The zero-order valence-corrected chi connectivity index (χ0v) is 15.9. The van der Waals surface area contributed by atoms with Crippen LogP contribution in [0.15, 0.2) is 23.2 Å². The van der Waals surface area contributed by atoms with Crippen molar-refractivity contribution in [3.8, 4) is 0 Å². The number of carbonyl (C=O) groups is 1. The van der Waals surface area contributed by atoms with Gasteiger partial charge in [0.2, 0.25) is 5.91 Å². The molecule has 25 heavy (non-hydrogen) atoms. The Labute approximate surface area is 151 Å². The number of anilines is 1. The molecule has 2 aliphatic rings. The molecule has 2 aliphatic heterocycles. The van der Waals surface area contributed by atoms with Gasteiger partial charge in [-0.15, -0.1) is 0 Å². The maximum absolute atomic E-state index is 14.0. The highest BCUT2D eigenvalue weighted by Gasteiger charge is 2.49. The summed E-state index contributed by atoms with van der Waals surface area (Å²) in [5.41, 5.74) is 1.06. The fourth-order valence-corrected chi connectivity index (χ4v) is 7.02. The number of aliphatic imine (C=N–C) groups is 1. The van der Waals surface area contributed by atoms with Gasteiger partial charge >= 0.3 is 0 Å². The molecule has 2 heterocycles. The van der Waals surface area contributed by atoms with Gasteiger partial charge in [-0.25, -0.2) is 12.8 Å². The van der Waals surface area contributed by atoms with Crippen molar-refractivity contribution in [3.05, 3.63) is 29.6 Å². The third-order valence-electron chi connectivity index (χ3n) is 4.46. The SMILES string of the molecule is CCCCC(=O)N=C1S[C@@H]2CS(=O)(=O)C[C@@H]2N1c1ccc(C)c(F)c1. The molecule has 0 saturated carbocycles. The van der Waals surface area contributed by atoms with Crippen LogP contribution in [0.3, 0.4) is 0 Å². The number of benzene rings is 1. The molecule has 0 aliphatic carbocycles. The van der Waals surface area contributed by atoms with Gasteiger partial charge in [0, 0.05) is 17.4 Å². The van der Waals surface area contributed by atoms with Crippen molar-refractivity contribution >= 4 is 38.4 Å². The van der Waals surface area contributed by atoms with E-state index in [1.807, 2.05) is 6.92 Å². The van der Waals surface area contributed by atoms with E-state index in [-0.39, 0.29) is 34.5 Å². The molecular weight excluding hydrogens is 363 g/mol. The first-order valence-electron chi connectivity index (χ1n) is 8.34. The highest BCUT2D eigenvalue weighted by atomic mass is 32.2. The molecule has 0 N–H and O–H groups in total. The lowest BCUT2D eigenvalue weighted by Crippen LogP contribution is -2.37. The van der Waals surface area contributed by atoms with Gasteiger partial charge in [0.15, 0.2) is 15.0 Å². The minimum atomic E-state index is -3.13. The third-order valence-corrected chi connectivity index (χ3v) is 7.67. The van der Waals surface area contributed by atoms with Crippen LogP contribution < -0.4 is 4.90 Å². The highest BCUT2D eigenvalue weighted by Crippen LogP contribution is 2.41. The maximum atomic E-state index is 14.0. The number of thioether (sulfide) groups is 1. The number of halogens is 1. The van der Waals surface area contributed by atoms with Gasteiger partial charge in [-0.05, 0) is 31.0 Å². The monoisotopic (exact) mass is 384 g/mol. The first-order chi connectivity index (χ1) is 11.8. The van der Waals surface area contributed by atoms with Crippen molar-refractivity contribution in [3.63, 3.8) is 0 Å². The van der Waals surface area contributed by atoms with Gasteiger partial charge in [0.05, 0.1) is 17.5 Å². The smallest absolute Gasteiger partial charge is 0.248 e. The molecule has 1 aromatic carbocycles. The number of amidine groups is 1. The molecule has 3 rings (SSSR count). The van der Waals surface area contributed by atoms with Gasteiger partial charge in [-0.3, -0.25) is 4.79 Å². The third kappa shape index (κ3) is 3.89. The molecular formula is C17H21FN2O3S2. The van der Waals surface area contributed by atoms with Gasteiger partial charge < -0.3 is 4.90 Å². The quantitative estimate of drug-likeness (QED) is 0.798. The lowest BCUT2D eigenvalue weighted by molar-refractivity contribution is -0.117. The highest BCUT2D eigenvalue weighted by molar-refractivity contribution is 8.16. The van der Waals surface area contributed by atoms with Crippen LogP contribution in [0.1, 0.15) is 31.7 Å². The average molecular weight is 384 g/mol. The van der Waals surface area contributed by atoms with Crippen LogP contribution in [-0.2, 0) is 14.6 Å². The number of sulfone groups is 1. The lowest BCUT2D eigenvalue weighted by atomic mass is 10.1. The summed E-state index contributed by atoms with van der Waals surface area (Å²) in [7, 11) is -3.13. The minimum absolute atomic E-state index is 0.00231. The van der Waals surface area contributed by atoms with E-state index in [1.165, 1.54) is 17.8 Å². The molecule has 1 amide bonds. The second-order valence-electron chi connectivity index (χ2n) is 6.50. The van der Waals surface area contributed by atoms with Crippen molar-refractivity contribution in [2.75, 3.05) is 16.4 Å². The molecule has 136 valence electrons. The first-order valence-corrected chi connectivity index (χ1v) is 11.0. The Hall–Kier alpha value is -1.41. The zero-order chi connectivity index (χ0) is 18.2. The second kappa shape index (κ2) is 7.07. The van der Waals surface area contributed by atoms with Crippen LogP contribution in [0.25, 0.3) is 0 Å². The Bertz CT molecular complexity index is 823. The van der Waals surface area contributed by atoms with E-state index in [0.717, 1.165) is 12.8 Å². The Morgan fingerprint density at radius 3 is 2.84 bits per heavy atom. The van der Waals surface area contributed by atoms with Crippen LogP contribution >= 0.6 is 11.8 Å². The number of nitrogens with zero attached hydrogens (tertiary/aromatic N) is 2. The summed E-state index contributed by atoms with van der Waals surface area (Å²) in [4.78, 5) is 18.0. The van der Waals surface area contributed by atoms with Crippen LogP contribution in [0.5, 0.6) is 0 Å². The van der Waals surface area contributed by atoms with Crippen molar-refractivity contribution in [1.82, 2.24) is 0 Å². The van der Waals surface area contributed by atoms with Crippen molar-refractivity contribution in [2.24, 2.45) is 4.99 Å². The Balaban J connectivity index is 1.96. The summed E-state index contributed by atoms with van der Waals surface area (Å²) in [6.07, 6.45) is 2.03. The fourth-order valence-electron chi connectivity index (χ4n) is 3.09. The maximum Gasteiger partial charge on any atom is 0.248 e. The van der Waals surface area contributed by atoms with Gasteiger partial charge in [-0.2, -0.15) is 4.99 Å². The summed E-state index contributed by atoms with van der Waals surface area (Å²) in [6, 6.07) is 4.48. The molecule has 8 heteroatoms. The van der Waals surface area contributed by atoms with Crippen LogP contribution in [0.2, 0.25) is 0 Å². The average Bonchev–Trinajstić information content (AvgIpc) is 2.99. The van der Waals surface area contributed by atoms with Crippen LogP contribution in [0, 0.1) is 12.7 Å². The molecule has 0 aromatic heterocycles. The normalized spacial score (nSPS) is 26.2. The van der Waals surface area contributed by atoms with Crippen molar-refractivity contribution < 1.29 is 17.6 Å². The van der Waals surface area contributed by atoms with Crippen LogP contribution in [0.4, 0.5) is 10.1 Å². The predicted molar refractivity (Wildman–Crippen MR) is 99.4 cm³/mol. The summed E-state index contributed by atoms with van der Waals surface area (Å²) in [5, 5.41) is 0.307. The summed E-state index contributed by atoms with van der Waals surface area (Å²) in [6.45, 7) is 3.67. The summed E-state index contributed by atoms with van der Waals surface area (Å²) < 4.78 is 38.0. The summed E-state index contributed by atoms with van der Waals surface area (Å²) >= 11 is 1.31. The van der Waals surface area contributed by atoms with Gasteiger partial charge in [0.1, 0.15) is 5.82 Å². The predicted octanol–water partition coefficient (Wildman–Crippen LogP) is 2.93. The molecule has 5 nitrogen and oxygen atoms in total. The number of fused-ring (bicyclic) bond motifs is 1. The number of aryl methyl sites for hydroxylation is 1. The molecule has 1 aromatic rings. The van der Waals surface area contributed by atoms with Gasteiger partial charge in [-0.1, -0.05) is 31.2 Å². The fraction of sp³-hybridized carbons (Fsp3) is 0.529. The van der Waals surface area contributed by atoms with Crippen molar-refractivity contribution in [1.29, 1.82) is 0 Å². The topological polar surface area (TPSA) is 66.8 Å². The number of rotatable bonds is 4. The van der Waals surface area contributed by atoms with E-state index in [2.05, 4.69) is 4.99 Å². The van der Waals surface area contributed by atoms with E-state index in [9.17, 15) is 17.6 Å². The number of unbranched alkanes of at least 4 members (excludes halogenated alkanes) is 1. The van der Waals surface area contributed by atoms with E-state index < -0.39 is 9.84 Å². The van der Waals surface area contributed by atoms with E-state index >= 15 is 0 Å². The van der Waals surface area contributed by atoms with E-state index in [1.54, 1.807) is 24.0 Å². The summed E-state index contributed by atoms with van der Waals surface area (Å²) in [5.74, 6) is -0.509. The number of hydrogen-bond donors (Lipinski definition) is 0. The second-order valence-corrected chi connectivity index (χ2v) is 9.86. The lowest BCUT2D eigenvalue weighted by Gasteiger charge is -2.24. The zero-order valence-electron chi connectivity index (χ0n) is 14.2. The number of amides is 1. The number of hydrogen-bond acceptors (Lipinski definition) is 4. The number of carbonyl (C=O) groups excluding carboxylic acids is 1.